The summed E-state index contributed by atoms with van der Waals surface area (Å²) in [7, 11) is 0. The van der Waals surface area contributed by atoms with E-state index in [1.54, 1.807) is 0 Å². The first-order valence-electron chi connectivity index (χ1n) is 7.90. The highest BCUT2D eigenvalue weighted by Crippen LogP contribution is 2.12. The molecule has 0 radical (unpaired) electrons. The van der Waals surface area contributed by atoms with Crippen LogP contribution in [0.2, 0.25) is 0 Å². The second kappa shape index (κ2) is 8.88. The van der Waals surface area contributed by atoms with Crippen molar-refractivity contribution in [2.75, 3.05) is 24.5 Å². The fourth-order valence-corrected chi connectivity index (χ4v) is 2.42. The molecule has 0 atom stereocenters. The molecule has 3 heteroatoms. The molecule has 0 aliphatic carbocycles. The van der Waals surface area contributed by atoms with E-state index in [0.29, 0.717) is 13.0 Å². The zero-order valence-corrected chi connectivity index (χ0v) is 13.2. The monoisotopic (exact) mass is 296 g/mol. The normalized spacial score (nSPS) is 10.2. The molecule has 2 aromatic carbocycles. The predicted octanol–water partition coefficient (Wildman–Crippen LogP) is 3.26. The Morgan fingerprint density at radius 1 is 1.00 bits per heavy atom. The Morgan fingerprint density at radius 3 is 2.27 bits per heavy atom. The van der Waals surface area contributed by atoms with Crippen LogP contribution in [0.4, 0.5) is 5.69 Å². The summed E-state index contributed by atoms with van der Waals surface area (Å²) in [5.74, 6) is 0.116. The van der Waals surface area contributed by atoms with Gasteiger partial charge in [0, 0.05) is 31.7 Å². The maximum Gasteiger partial charge on any atom is 0.221 e. The number of anilines is 1. The highest BCUT2D eigenvalue weighted by molar-refractivity contribution is 5.76. The van der Waals surface area contributed by atoms with Crippen molar-refractivity contribution in [1.29, 1.82) is 0 Å². The number of hydrogen-bond acceptors (Lipinski definition) is 2. The molecule has 0 aliphatic rings. The maximum atomic E-state index is 11.9. The van der Waals surface area contributed by atoms with Gasteiger partial charge >= 0.3 is 0 Å². The van der Waals surface area contributed by atoms with Crippen LogP contribution in [0.15, 0.2) is 60.7 Å². The molecule has 2 aromatic rings. The Morgan fingerprint density at radius 2 is 1.64 bits per heavy atom. The summed E-state index contributed by atoms with van der Waals surface area (Å²) < 4.78 is 0. The first kappa shape index (κ1) is 16.1. The zero-order chi connectivity index (χ0) is 15.6. The van der Waals surface area contributed by atoms with E-state index in [9.17, 15) is 4.79 Å². The van der Waals surface area contributed by atoms with Crippen molar-refractivity contribution in [3.63, 3.8) is 0 Å². The lowest BCUT2D eigenvalue weighted by Crippen LogP contribution is -2.31. The Kier molecular flexibility index (Phi) is 6.49. The van der Waals surface area contributed by atoms with E-state index in [0.717, 1.165) is 19.5 Å². The van der Waals surface area contributed by atoms with Crippen LogP contribution in [0.1, 0.15) is 18.9 Å². The average Bonchev–Trinajstić information content (AvgIpc) is 2.57. The van der Waals surface area contributed by atoms with Crippen LogP contribution in [0.3, 0.4) is 0 Å². The van der Waals surface area contributed by atoms with Gasteiger partial charge in [-0.2, -0.15) is 0 Å². The number of hydrogen-bond donors (Lipinski definition) is 1. The van der Waals surface area contributed by atoms with Gasteiger partial charge in [-0.15, -0.1) is 0 Å². The number of para-hydroxylation sites is 1. The Hall–Kier alpha value is -2.29. The van der Waals surface area contributed by atoms with Crippen LogP contribution in [0, 0.1) is 0 Å². The molecule has 0 spiro atoms. The summed E-state index contributed by atoms with van der Waals surface area (Å²) in [6, 6.07) is 20.4. The van der Waals surface area contributed by atoms with Crippen LogP contribution in [0.25, 0.3) is 0 Å². The smallest absolute Gasteiger partial charge is 0.221 e. The third kappa shape index (κ3) is 5.24. The SMILES string of the molecule is CCN(CCC(=O)NCCc1ccccc1)c1ccccc1. The number of rotatable bonds is 8. The van der Waals surface area contributed by atoms with Crippen LogP contribution >= 0.6 is 0 Å². The molecular formula is C19H24N2O. The summed E-state index contributed by atoms with van der Waals surface area (Å²) in [4.78, 5) is 14.2. The highest BCUT2D eigenvalue weighted by atomic mass is 16.1. The third-order valence-electron chi connectivity index (χ3n) is 3.69. The zero-order valence-electron chi connectivity index (χ0n) is 13.2. The van der Waals surface area contributed by atoms with Gasteiger partial charge in [0.2, 0.25) is 5.91 Å². The van der Waals surface area contributed by atoms with Gasteiger partial charge < -0.3 is 10.2 Å². The molecule has 1 amide bonds. The summed E-state index contributed by atoms with van der Waals surface area (Å²) in [5.41, 5.74) is 2.42. The fourth-order valence-electron chi connectivity index (χ4n) is 2.42. The lowest BCUT2D eigenvalue weighted by atomic mass is 10.1. The number of carbonyl (C=O) groups is 1. The lowest BCUT2D eigenvalue weighted by molar-refractivity contribution is -0.120. The van der Waals surface area contributed by atoms with E-state index in [2.05, 4.69) is 41.4 Å². The second-order valence-electron chi connectivity index (χ2n) is 5.25. The van der Waals surface area contributed by atoms with Crippen LogP contribution < -0.4 is 10.2 Å². The minimum Gasteiger partial charge on any atom is -0.371 e. The van der Waals surface area contributed by atoms with Crippen LogP contribution in [-0.4, -0.2) is 25.5 Å². The van der Waals surface area contributed by atoms with E-state index >= 15 is 0 Å². The van der Waals surface area contributed by atoms with Crippen molar-refractivity contribution in [3.05, 3.63) is 66.2 Å². The van der Waals surface area contributed by atoms with Gasteiger partial charge in [-0.3, -0.25) is 4.79 Å². The van der Waals surface area contributed by atoms with E-state index in [-0.39, 0.29) is 5.91 Å². The number of nitrogens with zero attached hydrogens (tertiary/aromatic N) is 1. The van der Waals surface area contributed by atoms with Crippen LogP contribution in [0.5, 0.6) is 0 Å². The molecule has 22 heavy (non-hydrogen) atoms. The quantitative estimate of drug-likeness (QED) is 0.811. The van der Waals surface area contributed by atoms with Crippen molar-refractivity contribution in [2.45, 2.75) is 19.8 Å². The summed E-state index contributed by atoms with van der Waals surface area (Å²) >= 11 is 0. The number of carbonyl (C=O) groups excluding carboxylic acids is 1. The van der Waals surface area contributed by atoms with Gasteiger partial charge in [-0.25, -0.2) is 0 Å². The first-order chi connectivity index (χ1) is 10.8. The standard InChI is InChI=1S/C19H24N2O/c1-2-21(18-11-7-4-8-12-18)16-14-19(22)20-15-13-17-9-5-3-6-10-17/h3-12H,2,13-16H2,1H3,(H,20,22). The minimum absolute atomic E-state index is 0.116. The highest BCUT2D eigenvalue weighted by Gasteiger charge is 2.07. The molecule has 116 valence electrons. The van der Waals surface area contributed by atoms with Crippen molar-refractivity contribution < 1.29 is 4.79 Å². The molecule has 0 saturated heterocycles. The maximum absolute atomic E-state index is 11.9. The topological polar surface area (TPSA) is 32.3 Å². The van der Waals surface area contributed by atoms with E-state index < -0.39 is 0 Å². The molecule has 0 unspecified atom stereocenters. The predicted molar refractivity (Wildman–Crippen MR) is 92.1 cm³/mol. The Bertz CT molecular complexity index is 554. The van der Waals surface area contributed by atoms with Gasteiger partial charge in [0.05, 0.1) is 0 Å². The molecule has 0 aliphatic heterocycles. The molecular weight excluding hydrogens is 272 g/mol. The first-order valence-corrected chi connectivity index (χ1v) is 7.90. The molecule has 0 aromatic heterocycles. The van der Waals surface area contributed by atoms with Crippen molar-refractivity contribution >= 4 is 11.6 Å². The van der Waals surface area contributed by atoms with Crippen molar-refractivity contribution in [1.82, 2.24) is 5.32 Å². The largest absolute Gasteiger partial charge is 0.371 e. The summed E-state index contributed by atoms with van der Waals surface area (Å²) in [6.45, 7) is 4.46. The Labute approximate surface area is 133 Å². The number of amides is 1. The van der Waals surface area contributed by atoms with Crippen LogP contribution in [-0.2, 0) is 11.2 Å². The summed E-state index contributed by atoms with van der Waals surface area (Å²) in [5, 5.41) is 3.00. The average molecular weight is 296 g/mol. The molecule has 0 saturated carbocycles. The lowest BCUT2D eigenvalue weighted by Gasteiger charge is -2.22. The van der Waals surface area contributed by atoms with Gasteiger partial charge in [-0.1, -0.05) is 48.5 Å². The van der Waals surface area contributed by atoms with Crippen molar-refractivity contribution in [3.8, 4) is 0 Å². The third-order valence-corrected chi connectivity index (χ3v) is 3.69. The summed E-state index contributed by atoms with van der Waals surface area (Å²) in [6.07, 6.45) is 1.40. The fraction of sp³-hybridized carbons (Fsp3) is 0.316. The van der Waals surface area contributed by atoms with E-state index in [4.69, 9.17) is 0 Å². The van der Waals surface area contributed by atoms with E-state index in [1.807, 2.05) is 36.4 Å². The van der Waals surface area contributed by atoms with E-state index in [1.165, 1.54) is 11.3 Å². The second-order valence-corrected chi connectivity index (χ2v) is 5.25. The molecule has 0 bridgehead atoms. The Balaban J connectivity index is 1.70. The van der Waals surface area contributed by atoms with Gasteiger partial charge in [0.1, 0.15) is 0 Å². The molecule has 1 N–H and O–H groups in total. The minimum atomic E-state index is 0.116. The molecule has 0 fully saturated rings. The number of benzene rings is 2. The molecule has 2 rings (SSSR count). The molecule has 3 nitrogen and oxygen atoms in total. The van der Waals surface area contributed by atoms with Gasteiger partial charge in [0.25, 0.3) is 0 Å². The van der Waals surface area contributed by atoms with Gasteiger partial charge in [-0.05, 0) is 31.0 Å². The van der Waals surface area contributed by atoms with Gasteiger partial charge in [0.15, 0.2) is 0 Å². The van der Waals surface area contributed by atoms with Crippen molar-refractivity contribution in [2.24, 2.45) is 0 Å². The molecule has 0 heterocycles. The number of nitrogens with one attached hydrogen (secondary N) is 1.